The molecule has 1 aromatic heterocycles. The summed E-state index contributed by atoms with van der Waals surface area (Å²) in [7, 11) is 1.67. The monoisotopic (exact) mass is 349 g/mol. The van der Waals surface area contributed by atoms with Crippen LogP contribution in [0.1, 0.15) is 22.4 Å². The fraction of sp³-hybridized carbons (Fsp3) is 0.286. The Morgan fingerprint density at radius 1 is 1.08 bits per heavy atom. The van der Waals surface area contributed by atoms with Crippen molar-refractivity contribution in [2.24, 2.45) is 0 Å². The molecule has 0 amide bonds. The van der Waals surface area contributed by atoms with Crippen LogP contribution < -0.4 is 0 Å². The predicted molar refractivity (Wildman–Crippen MR) is 101 cm³/mol. The number of methoxy groups -OCH3 is 1. The molecule has 0 atom stereocenters. The largest absolute Gasteiger partial charge is 0.384 e. The maximum atomic E-state index is 12.4. The fourth-order valence-electron chi connectivity index (χ4n) is 2.82. The molecule has 5 heteroatoms. The third kappa shape index (κ3) is 4.64. The maximum absolute atomic E-state index is 12.4. The first-order chi connectivity index (χ1) is 12.7. The van der Waals surface area contributed by atoms with Gasteiger partial charge >= 0.3 is 0 Å². The van der Waals surface area contributed by atoms with E-state index in [1.807, 2.05) is 61.7 Å². The number of hydrogen-bond donors (Lipinski definition) is 0. The summed E-state index contributed by atoms with van der Waals surface area (Å²) in [5.74, 6) is 0.217. The van der Waals surface area contributed by atoms with Gasteiger partial charge in [-0.3, -0.25) is 4.79 Å². The number of aryl methyl sites for hydroxylation is 1. The minimum absolute atomic E-state index is 0.217. The van der Waals surface area contributed by atoms with Crippen LogP contribution in [-0.2, 0) is 28.8 Å². The molecule has 3 aromatic rings. The van der Waals surface area contributed by atoms with E-state index in [0.717, 1.165) is 34.5 Å². The number of carbonyl (C=O) groups is 1. The van der Waals surface area contributed by atoms with E-state index in [4.69, 9.17) is 4.74 Å². The number of carbonyl (C=O) groups excluding carboxylic acids is 1. The van der Waals surface area contributed by atoms with Gasteiger partial charge in [-0.2, -0.15) is 0 Å². The Balaban J connectivity index is 1.61. The van der Waals surface area contributed by atoms with Crippen molar-refractivity contribution in [1.29, 1.82) is 0 Å². The summed E-state index contributed by atoms with van der Waals surface area (Å²) in [6.45, 7) is 2.66. The van der Waals surface area contributed by atoms with Crippen LogP contribution in [0.4, 0.5) is 0 Å². The van der Waals surface area contributed by atoms with Gasteiger partial charge in [0.25, 0.3) is 0 Å². The molecule has 3 rings (SSSR count). The first kappa shape index (κ1) is 18.0. The molecule has 0 spiro atoms. The van der Waals surface area contributed by atoms with Gasteiger partial charge in [0.1, 0.15) is 5.78 Å². The van der Waals surface area contributed by atoms with Crippen LogP contribution in [-0.4, -0.2) is 34.5 Å². The van der Waals surface area contributed by atoms with Gasteiger partial charge in [0.05, 0.1) is 24.2 Å². The van der Waals surface area contributed by atoms with Crippen LogP contribution in [0, 0.1) is 6.92 Å². The van der Waals surface area contributed by atoms with Gasteiger partial charge in [-0.15, -0.1) is 5.10 Å². The highest BCUT2D eigenvalue weighted by molar-refractivity contribution is 5.83. The normalized spacial score (nSPS) is 10.8. The summed E-state index contributed by atoms with van der Waals surface area (Å²) >= 11 is 0. The molecule has 0 fully saturated rings. The molecule has 0 saturated carbocycles. The molecular weight excluding hydrogens is 326 g/mol. The van der Waals surface area contributed by atoms with Crippen molar-refractivity contribution in [3.8, 4) is 5.69 Å². The van der Waals surface area contributed by atoms with Gasteiger partial charge in [-0.05, 0) is 35.7 Å². The molecule has 2 aromatic carbocycles. The van der Waals surface area contributed by atoms with Crippen LogP contribution in [0.15, 0.2) is 54.7 Å². The van der Waals surface area contributed by atoms with Crippen LogP contribution in [0.2, 0.25) is 0 Å². The minimum Gasteiger partial charge on any atom is -0.384 e. The van der Waals surface area contributed by atoms with Gasteiger partial charge in [-0.1, -0.05) is 41.6 Å². The highest BCUT2D eigenvalue weighted by atomic mass is 16.5. The van der Waals surface area contributed by atoms with Crippen molar-refractivity contribution < 1.29 is 9.53 Å². The zero-order valence-corrected chi connectivity index (χ0v) is 15.2. The first-order valence-electron chi connectivity index (χ1n) is 8.71. The average Bonchev–Trinajstić information content (AvgIpc) is 3.11. The summed E-state index contributed by atoms with van der Waals surface area (Å²) in [6.07, 6.45) is 3.55. The minimum atomic E-state index is 0.217. The predicted octanol–water partition coefficient (Wildman–Crippen LogP) is 3.12. The summed E-state index contributed by atoms with van der Waals surface area (Å²) < 4.78 is 6.79. The molecule has 0 radical (unpaired) electrons. The van der Waals surface area contributed by atoms with E-state index >= 15 is 0 Å². The molecule has 0 unspecified atom stereocenters. The van der Waals surface area contributed by atoms with E-state index < -0.39 is 0 Å². The summed E-state index contributed by atoms with van der Waals surface area (Å²) in [5.41, 5.74) is 5.08. The third-order valence-corrected chi connectivity index (χ3v) is 4.35. The molecule has 0 N–H and O–H groups in total. The van der Waals surface area contributed by atoms with E-state index in [9.17, 15) is 4.79 Å². The lowest BCUT2D eigenvalue weighted by Gasteiger charge is -2.06. The average molecular weight is 349 g/mol. The summed E-state index contributed by atoms with van der Waals surface area (Å²) in [5, 5.41) is 8.27. The lowest BCUT2D eigenvalue weighted by Crippen LogP contribution is -2.07. The Hall–Kier alpha value is -2.79. The van der Waals surface area contributed by atoms with E-state index in [-0.39, 0.29) is 5.78 Å². The topological polar surface area (TPSA) is 57.0 Å². The standard InChI is InChI=1S/C21H23N3O2/c1-16-5-3-4-6-18(16)14-21(25)13-17-7-9-20(10-8-17)24-15-19(22-23-24)11-12-26-2/h3-10,15H,11-14H2,1-2H3. The number of Topliss-reactive ketones (excluding diaryl/α,β-unsaturated/α-hetero) is 1. The highest BCUT2D eigenvalue weighted by Crippen LogP contribution is 2.13. The first-order valence-corrected chi connectivity index (χ1v) is 8.71. The number of rotatable bonds is 8. The van der Waals surface area contributed by atoms with E-state index in [1.165, 1.54) is 0 Å². The zero-order valence-electron chi connectivity index (χ0n) is 15.2. The van der Waals surface area contributed by atoms with E-state index in [1.54, 1.807) is 11.8 Å². The second kappa shape index (κ2) is 8.54. The second-order valence-corrected chi connectivity index (χ2v) is 6.38. The Labute approximate surface area is 153 Å². The smallest absolute Gasteiger partial charge is 0.141 e. The van der Waals surface area contributed by atoms with Crippen molar-refractivity contribution in [2.45, 2.75) is 26.2 Å². The molecule has 0 aliphatic rings. The SMILES string of the molecule is COCCc1cn(-c2ccc(CC(=O)Cc3ccccc3C)cc2)nn1. The zero-order chi connectivity index (χ0) is 18.4. The lowest BCUT2D eigenvalue weighted by molar-refractivity contribution is -0.117. The van der Waals surface area contributed by atoms with E-state index in [0.29, 0.717) is 19.4 Å². The molecule has 26 heavy (non-hydrogen) atoms. The number of ketones is 1. The molecule has 0 saturated heterocycles. The molecule has 5 nitrogen and oxygen atoms in total. The molecular formula is C21H23N3O2. The van der Waals surface area contributed by atoms with Crippen molar-refractivity contribution >= 4 is 5.78 Å². The molecule has 0 aliphatic heterocycles. The summed E-state index contributed by atoms with van der Waals surface area (Å²) in [4.78, 5) is 12.4. The molecule has 0 bridgehead atoms. The van der Waals surface area contributed by atoms with Gasteiger partial charge in [0, 0.05) is 26.4 Å². The third-order valence-electron chi connectivity index (χ3n) is 4.35. The Morgan fingerprint density at radius 2 is 1.85 bits per heavy atom. The Bertz CT molecular complexity index is 869. The van der Waals surface area contributed by atoms with Gasteiger partial charge in [-0.25, -0.2) is 4.68 Å². The van der Waals surface area contributed by atoms with Crippen molar-refractivity contribution in [3.05, 3.63) is 77.1 Å². The maximum Gasteiger partial charge on any atom is 0.141 e. The quantitative estimate of drug-likeness (QED) is 0.627. The second-order valence-electron chi connectivity index (χ2n) is 6.38. The van der Waals surface area contributed by atoms with Crippen molar-refractivity contribution in [3.63, 3.8) is 0 Å². The number of benzene rings is 2. The summed E-state index contributed by atoms with van der Waals surface area (Å²) in [6, 6.07) is 15.9. The Kier molecular flexibility index (Phi) is 5.92. The van der Waals surface area contributed by atoms with Crippen molar-refractivity contribution in [2.75, 3.05) is 13.7 Å². The van der Waals surface area contributed by atoms with Crippen LogP contribution in [0.25, 0.3) is 5.69 Å². The fourth-order valence-corrected chi connectivity index (χ4v) is 2.82. The number of ether oxygens (including phenoxy) is 1. The number of hydrogen-bond acceptors (Lipinski definition) is 4. The van der Waals surface area contributed by atoms with E-state index in [2.05, 4.69) is 10.3 Å². The molecule has 1 heterocycles. The van der Waals surface area contributed by atoms with Crippen LogP contribution in [0.5, 0.6) is 0 Å². The van der Waals surface area contributed by atoms with Gasteiger partial charge in [0.15, 0.2) is 0 Å². The molecule has 134 valence electrons. The van der Waals surface area contributed by atoms with Crippen LogP contribution in [0.3, 0.4) is 0 Å². The Morgan fingerprint density at radius 3 is 2.58 bits per heavy atom. The number of aromatic nitrogens is 3. The van der Waals surface area contributed by atoms with Crippen LogP contribution >= 0.6 is 0 Å². The number of nitrogens with zero attached hydrogens (tertiary/aromatic N) is 3. The van der Waals surface area contributed by atoms with Gasteiger partial charge < -0.3 is 4.74 Å². The lowest BCUT2D eigenvalue weighted by atomic mass is 9.99. The molecule has 0 aliphatic carbocycles. The highest BCUT2D eigenvalue weighted by Gasteiger charge is 2.08. The van der Waals surface area contributed by atoms with Crippen molar-refractivity contribution in [1.82, 2.24) is 15.0 Å². The van der Waals surface area contributed by atoms with Gasteiger partial charge in [0.2, 0.25) is 0 Å².